The molecule has 1 aromatic heterocycles. The first-order valence-electron chi connectivity index (χ1n) is 11.3. The van der Waals surface area contributed by atoms with Gasteiger partial charge in [0, 0.05) is 44.8 Å². The fourth-order valence-corrected chi connectivity index (χ4v) is 5.96. The second-order valence-corrected chi connectivity index (χ2v) is 11.5. The Bertz CT molecular complexity index is 1260. The lowest BCUT2D eigenvalue weighted by Gasteiger charge is -2.34. The molecule has 1 fully saturated rings. The minimum Gasteiger partial charge on any atom is -0.494 e. The number of aryl methyl sites for hydroxylation is 1. The number of aromatic nitrogens is 1. The van der Waals surface area contributed by atoms with Crippen LogP contribution in [0, 0.1) is 6.92 Å². The van der Waals surface area contributed by atoms with E-state index in [-0.39, 0.29) is 16.6 Å². The summed E-state index contributed by atoms with van der Waals surface area (Å²) in [5.74, 6) is 0.649. The lowest BCUT2D eigenvalue weighted by molar-refractivity contribution is 0.0947. The van der Waals surface area contributed by atoms with Crippen molar-refractivity contribution in [2.45, 2.75) is 18.7 Å². The van der Waals surface area contributed by atoms with Crippen molar-refractivity contribution in [1.29, 1.82) is 0 Å². The fraction of sp³-hybridized carbons (Fsp3) is 0.417. The third-order valence-corrected chi connectivity index (χ3v) is 9.13. The van der Waals surface area contributed by atoms with Crippen molar-refractivity contribution in [3.05, 3.63) is 47.5 Å². The number of carbonyl (C=O) groups excluding carboxylic acids is 1. The van der Waals surface area contributed by atoms with Gasteiger partial charge in [0.1, 0.15) is 11.3 Å². The summed E-state index contributed by atoms with van der Waals surface area (Å²) in [4.78, 5) is 22.1. The maximum atomic E-state index is 12.4. The summed E-state index contributed by atoms with van der Waals surface area (Å²) in [6.45, 7) is 8.53. The lowest BCUT2D eigenvalue weighted by atomic mass is 10.2. The van der Waals surface area contributed by atoms with Gasteiger partial charge in [-0.3, -0.25) is 9.69 Å². The summed E-state index contributed by atoms with van der Waals surface area (Å²) in [7, 11) is -1.59. The predicted molar refractivity (Wildman–Crippen MR) is 136 cm³/mol. The van der Waals surface area contributed by atoms with E-state index in [1.165, 1.54) is 22.4 Å². The normalized spacial score (nSPS) is 15.0. The highest BCUT2D eigenvalue weighted by Crippen LogP contribution is 2.36. The van der Waals surface area contributed by atoms with Gasteiger partial charge in [0.05, 0.1) is 22.5 Å². The molecule has 2 aromatic carbocycles. The van der Waals surface area contributed by atoms with E-state index in [0.29, 0.717) is 12.1 Å². The molecular weight excluding hydrogens is 472 g/mol. The monoisotopic (exact) mass is 502 g/mol. The second kappa shape index (κ2) is 10.3. The Hall–Kier alpha value is -2.69. The number of ether oxygens (including phenoxy) is 1. The Morgan fingerprint density at radius 2 is 1.82 bits per heavy atom. The van der Waals surface area contributed by atoms with Crippen LogP contribution in [0.2, 0.25) is 0 Å². The molecule has 1 N–H and O–H groups in total. The maximum absolute atomic E-state index is 12.4. The van der Waals surface area contributed by atoms with Crippen molar-refractivity contribution in [2.75, 3.05) is 57.0 Å². The van der Waals surface area contributed by atoms with Crippen LogP contribution in [0.5, 0.6) is 5.75 Å². The first kappa shape index (κ1) is 24.4. The van der Waals surface area contributed by atoms with Crippen LogP contribution < -0.4 is 15.0 Å². The first-order chi connectivity index (χ1) is 16.3. The maximum Gasteiger partial charge on any atom is 0.251 e. The quantitative estimate of drug-likeness (QED) is 0.506. The molecule has 10 heteroatoms. The molecule has 1 saturated heterocycles. The van der Waals surface area contributed by atoms with Crippen LogP contribution in [0.4, 0.5) is 5.13 Å². The molecule has 4 rings (SSSR count). The van der Waals surface area contributed by atoms with Crippen molar-refractivity contribution in [3.8, 4) is 5.75 Å². The van der Waals surface area contributed by atoms with Gasteiger partial charge in [-0.25, -0.2) is 13.4 Å². The zero-order valence-electron chi connectivity index (χ0n) is 19.7. The summed E-state index contributed by atoms with van der Waals surface area (Å²) in [5, 5.41) is 3.95. The van der Waals surface area contributed by atoms with Crippen molar-refractivity contribution in [1.82, 2.24) is 15.2 Å². The molecule has 34 heavy (non-hydrogen) atoms. The van der Waals surface area contributed by atoms with Crippen LogP contribution in [0.3, 0.4) is 0 Å². The van der Waals surface area contributed by atoms with Gasteiger partial charge in [-0.1, -0.05) is 24.3 Å². The van der Waals surface area contributed by atoms with E-state index in [2.05, 4.69) is 28.1 Å². The van der Waals surface area contributed by atoms with Gasteiger partial charge in [0.25, 0.3) is 5.91 Å². The summed E-state index contributed by atoms with van der Waals surface area (Å²) >= 11 is 1.71. The Balaban J connectivity index is 1.27. The topological polar surface area (TPSA) is 91.8 Å². The van der Waals surface area contributed by atoms with Crippen molar-refractivity contribution in [3.63, 3.8) is 0 Å². The number of fused-ring (bicyclic) bond motifs is 1. The molecule has 1 aliphatic rings. The number of thiazole rings is 1. The van der Waals surface area contributed by atoms with Crippen LogP contribution in [0.25, 0.3) is 10.2 Å². The van der Waals surface area contributed by atoms with Gasteiger partial charge in [-0.2, -0.15) is 0 Å². The van der Waals surface area contributed by atoms with Gasteiger partial charge in [-0.05, 0) is 42.8 Å². The molecule has 1 amide bonds. The van der Waals surface area contributed by atoms with Crippen LogP contribution in [-0.2, 0) is 9.84 Å². The average Bonchev–Trinajstić information content (AvgIpc) is 3.31. The molecule has 0 atom stereocenters. The molecular formula is C24H30N4O4S2. The average molecular weight is 503 g/mol. The number of carbonyl (C=O) groups is 1. The Morgan fingerprint density at radius 1 is 1.12 bits per heavy atom. The summed E-state index contributed by atoms with van der Waals surface area (Å²) in [6.07, 6.45) is 0. The molecule has 0 bridgehead atoms. The minimum atomic E-state index is -3.26. The van der Waals surface area contributed by atoms with Gasteiger partial charge >= 0.3 is 0 Å². The number of methoxy groups -OCH3 is 1. The molecule has 0 radical (unpaired) electrons. The number of hydrogen-bond donors (Lipinski definition) is 1. The number of amides is 1. The van der Waals surface area contributed by atoms with Crippen molar-refractivity contribution >= 4 is 42.4 Å². The molecule has 1 aliphatic heterocycles. The number of nitrogens with one attached hydrogen (secondary N) is 1. The largest absolute Gasteiger partial charge is 0.494 e. The molecule has 3 aromatic rings. The van der Waals surface area contributed by atoms with E-state index in [4.69, 9.17) is 9.72 Å². The third-order valence-electron chi connectivity index (χ3n) is 6.12. The van der Waals surface area contributed by atoms with E-state index in [1.807, 2.05) is 6.07 Å². The third kappa shape index (κ3) is 5.18. The van der Waals surface area contributed by atoms with Gasteiger partial charge in [0.2, 0.25) is 0 Å². The minimum absolute atomic E-state index is 0.0403. The molecule has 2 heterocycles. The number of nitrogens with zero attached hydrogens (tertiary/aromatic N) is 3. The molecule has 182 valence electrons. The highest BCUT2D eigenvalue weighted by Gasteiger charge is 2.21. The van der Waals surface area contributed by atoms with Gasteiger partial charge in [0.15, 0.2) is 15.0 Å². The van der Waals surface area contributed by atoms with Crippen LogP contribution in [0.1, 0.15) is 22.8 Å². The number of anilines is 1. The molecule has 0 saturated carbocycles. The van der Waals surface area contributed by atoms with E-state index in [0.717, 1.165) is 49.1 Å². The number of piperazine rings is 1. The number of hydrogen-bond acceptors (Lipinski definition) is 8. The van der Waals surface area contributed by atoms with Crippen molar-refractivity contribution < 1.29 is 17.9 Å². The highest BCUT2D eigenvalue weighted by molar-refractivity contribution is 7.91. The van der Waals surface area contributed by atoms with E-state index in [1.54, 1.807) is 37.5 Å². The van der Waals surface area contributed by atoms with E-state index < -0.39 is 9.84 Å². The van der Waals surface area contributed by atoms with Gasteiger partial charge < -0.3 is 15.0 Å². The first-order valence-corrected chi connectivity index (χ1v) is 13.8. The van der Waals surface area contributed by atoms with E-state index >= 15 is 0 Å². The van der Waals surface area contributed by atoms with Crippen LogP contribution in [-0.4, -0.2) is 76.3 Å². The van der Waals surface area contributed by atoms with Crippen molar-refractivity contribution in [2.24, 2.45) is 0 Å². The van der Waals surface area contributed by atoms with E-state index in [9.17, 15) is 13.2 Å². The highest BCUT2D eigenvalue weighted by atomic mass is 32.2. The summed E-state index contributed by atoms with van der Waals surface area (Å²) in [5.41, 5.74) is 2.59. The van der Waals surface area contributed by atoms with Crippen LogP contribution in [0.15, 0.2) is 41.3 Å². The summed E-state index contributed by atoms with van der Waals surface area (Å²) < 4.78 is 30.5. The Labute approximate surface area is 204 Å². The SMILES string of the molecule is CCS(=O)(=O)c1ccc(C(=O)NCCN2CCN(c3nc4c(OC)ccc(C)c4s3)CC2)cc1. The Kier molecular flexibility index (Phi) is 7.39. The molecule has 0 aliphatic carbocycles. The smallest absolute Gasteiger partial charge is 0.251 e. The standard InChI is InChI=1S/C24H30N4O4S2/c1-4-34(30,31)19-8-6-18(7-9-19)23(29)25-11-12-27-13-15-28(16-14-27)24-26-21-20(32-3)10-5-17(2)22(21)33-24/h5-10H,4,11-16H2,1-3H3,(H,25,29). The molecule has 8 nitrogen and oxygen atoms in total. The second-order valence-electron chi connectivity index (χ2n) is 8.27. The fourth-order valence-electron chi connectivity index (χ4n) is 3.97. The number of benzene rings is 2. The van der Waals surface area contributed by atoms with Gasteiger partial charge in [-0.15, -0.1) is 0 Å². The number of rotatable bonds is 8. The molecule has 0 unspecified atom stereocenters. The van der Waals surface area contributed by atoms with Crippen LogP contribution >= 0.6 is 11.3 Å². The number of sulfone groups is 1. The molecule has 0 spiro atoms. The summed E-state index contributed by atoms with van der Waals surface area (Å²) in [6, 6.07) is 10.1. The predicted octanol–water partition coefficient (Wildman–Crippen LogP) is 2.96. The zero-order chi connectivity index (χ0) is 24.3. The lowest BCUT2D eigenvalue weighted by Crippen LogP contribution is -2.48. The zero-order valence-corrected chi connectivity index (χ0v) is 21.3. The Morgan fingerprint density at radius 3 is 2.47 bits per heavy atom.